The summed E-state index contributed by atoms with van der Waals surface area (Å²) in [4.78, 5) is 2.45. The zero-order chi connectivity index (χ0) is 13.0. The van der Waals surface area contributed by atoms with Crippen LogP contribution in [0.5, 0.6) is 0 Å². The second-order valence-corrected chi connectivity index (χ2v) is 5.59. The highest BCUT2D eigenvalue weighted by atomic mass is 35.5. The summed E-state index contributed by atoms with van der Waals surface area (Å²) in [5, 5.41) is 4.04. The summed E-state index contributed by atoms with van der Waals surface area (Å²) < 4.78 is 0. The highest BCUT2D eigenvalue weighted by Gasteiger charge is 2.20. The molecule has 2 nitrogen and oxygen atoms in total. The molecule has 1 N–H and O–H groups in total. The molecule has 0 radical (unpaired) electrons. The first-order valence-electron chi connectivity index (χ1n) is 6.92. The van der Waals surface area contributed by atoms with Crippen LogP contribution in [0.1, 0.15) is 31.7 Å². The zero-order valence-corrected chi connectivity index (χ0v) is 12.1. The number of nitrogens with one attached hydrogen (secondary N) is 1. The van der Waals surface area contributed by atoms with Crippen LogP contribution in [-0.4, -0.2) is 20.1 Å². The number of anilines is 1. The van der Waals surface area contributed by atoms with Crippen molar-refractivity contribution in [3.63, 3.8) is 0 Å². The van der Waals surface area contributed by atoms with Crippen LogP contribution in [0.3, 0.4) is 0 Å². The van der Waals surface area contributed by atoms with Crippen LogP contribution in [0.15, 0.2) is 18.2 Å². The van der Waals surface area contributed by atoms with Crippen molar-refractivity contribution in [2.24, 2.45) is 5.92 Å². The van der Waals surface area contributed by atoms with Gasteiger partial charge in [-0.2, -0.15) is 0 Å². The van der Waals surface area contributed by atoms with Gasteiger partial charge in [0.15, 0.2) is 0 Å². The minimum absolute atomic E-state index is 0.826. The van der Waals surface area contributed by atoms with E-state index in [4.69, 9.17) is 11.6 Å². The first-order chi connectivity index (χ1) is 8.74. The molecule has 2 rings (SSSR count). The Hall–Kier alpha value is -0.730. The molecule has 1 saturated heterocycles. The topological polar surface area (TPSA) is 15.3 Å². The lowest BCUT2D eigenvalue weighted by Crippen LogP contribution is -2.35. The molecule has 100 valence electrons. The van der Waals surface area contributed by atoms with E-state index in [1.165, 1.54) is 30.5 Å². The van der Waals surface area contributed by atoms with Gasteiger partial charge in [0, 0.05) is 19.6 Å². The van der Waals surface area contributed by atoms with Crippen molar-refractivity contribution < 1.29 is 0 Å². The second-order valence-electron chi connectivity index (χ2n) is 5.18. The van der Waals surface area contributed by atoms with E-state index in [0.717, 1.165) is 30.6 Å². The summed E-state index contributed by atoms with van der Waals surface area (Å²) >= 11 is 6.42. The molecule has 0 saturated carbocycles. The molecule has 0 aliphatic carbocycles. The molecule has 18 heavy (non-hydrogen) atoms. The molecular formula is C15H23ClN2. The molecule has 0 aromatic heterocycles. The van der Waals surface area contributed by atoms with Gasteiger partial charge in [0.1, 0.15) is 0 Å². The van der Waals surface area contributed by atoms with Gasteiger partial charge < -0.3 is 10.2 Å². The normalized spacial score (nSPS) is 20.2. The van der Waals surface area contributed by atoms with Crippen LogP contribution >= 0.6 is 11.6 Å². The number of hydrogen-bond donors (Lipinski definition) is 1. The van der Waals surface area contributed by atoms with Crippen LogP contribution in [-0.2, 0) is 6.54 Å². The summed E-state index contributed by atoms with van der Waals surface area (Å²) in [6.07, 6.45) is 3.92. The van der Waals surface area contributed by atoms with Crippen LogP contribution in [0.4, 0.5) is 5.69 Å². The molecule has 0 amide bonds. The van der Waals surface area contributed by atoms with Crippen molar-refractivity contribution in [2.45, 2.75) is 32.7 Å². The highest BCUT2D eigenvalue weighted by molar-refractivity contribution is 6.33. The van der Waals surface area contributed by atoms with Gasteiger partial charge in [0.2, 0.25) is 0 Å². The first-order valence-corrected chi connectivity index (χ1v) is 7.30. The highest BCUT2D eigenvalue weighted by Crippen LogP contribution is 2.31. The Kier molecular flexibility index (Phi) is 4.90. The molecule has 1 aromatic rings. The second kappa shape index (κ2) is 6.44. The Balaban J connectivity index is 2.12. The van der Waals surface area contributed by atoms with Crippen molar-refractivity contribution in [3.8, 4) is 0 Å². The molecule has 1 aromatic carbocycles. The first kappa shape index (κ1) is 13.7. The lowest BCUT2D eigenvalue weighted by Gasteiger charge is -2.34. The van der Waals surface area contributed by atoms with Gasteiger partial charge in [0.25, 0.3) is 0 Å². The summed E-state index contributed by atoms with van der Waals surface area (Å²) in [6, 6.07) is 6.43. The molecule has 1 fully saturated rings. The lowest BCUT2D eigenvalue weighted by molar-refractivity contribution is 0.405. The van der Waals surface area contributed by atoms with Gasteiger partial charge in [0.05, 0.1) is 10.7 Å². The minimum Gasteiger partial charge on any atom is -0.370 e. The van der Waals surface area contributed by atoms with Crippen molar-refractivity contribution in [1.29, 1.82) is 0 Å². The van der Waals surface area contributed by atoms with Crippen LogP contribution in [0, 0.1) is 5.92 Å². The van der Waals surface area contributed by atoms with E-state index in [1.54, 1.807) is 0 Å². The lowest BCUT2D eigenvalue weighted by atomic mass is 9.95. The molecule has 1 unspecified atom stereocenters. The van der Waals surface area contributed by atoms with E-state index < -0.39 is 0 Å². The number of rotatable bonds is 4. The van der Waals surface area contributed by atoms with Gasteiger partial charge in [-0.25, -0.2) is 0 Å². The molecular weight excluding hydrogens is 244 g/mol. The third kappa shape index (κ3) is 3.18. The van der Waals surface area contributed by atoms with Crippen LogP contribution in [0.25, 0.3) is 0 Å². The van der Waals surface area contributed by atoms with Gasteiger partial charge >= 0.3 is 0 Å². The predicted octanol–water partition coefficient (Wildman–Crippen LogP) is 3.69. The monoisotopic (exact) mass is 266 g/mol. The van der Waals surface area contributed by atoms with E-state index in [2.05, 4.69) is 35.3 Å². The fourth-order valence-electron chi connectivity index (χ4n) is 2.74. The fraction of sp³-hybridized carbons (Fsp3) is 0.600. The van der Waals surface area contributed by atoms with E-state index in [0.29, 0.717) is 0 Å². The van der Waals surface area contributed by atoms with E-state index >= 15 is 0 Å². The maximum Gasteiger partial charge on any atom is 0.0642 e. The molecule has 1 aliphatic heterocycles. The zero-order valence-electron chi connectivity index (χ0n) is 11.4. The van der Waals surface area contributed by atoms with Crippen LogP contribution < -0.4 is 10.2 Å². The number of benzene rings is 1. The van der Waals surface area contributed by atoms with Crippen LogP contribution in [0.2, 0.25) is 5.02 Å². The quantitative estimate of drug-likeness (QED) is 0.894. The smallest absolute Gasteiger partial charge is 0.0642 e. The molecule has 3 heteroatoms. The Morgan fingerprint density at radius 1 is 1.44 bits per heavy atom. The van der Waals surface area contributed by atoms with Crippen molar-refractivity contribution >= 4 is 17.3 Å². The van der Waals surface area contributed by atoms with E-state index in [1.807, 2.05) is 7.05 Å². The average molecular weight is 267 g/mol. The third-order valence-corrected chi connectivity index (χ3v) is 4.13. The van der Waals surface area contributed by atoms with E-state index in [-0.39, 0.29) is 0 Å². The Morgan fingerprint density at radius 3 is 2.94 bits per heavy atom. The molecule has 0 spiro atoms. The number of halogens is 1. The summed E-state index contributed by atoms with van der Waals surface area (Å²) in [5.74, 6) is 0.826. The van der Waals surface area contributed by atoms with Gasteiger partial charge in [-0.15, -0.1) is 0 Å². The van der Waals surface area contributed by atoms with Crippen molar-refractivity contribution in [1.82, 2.24) is 5.32 Å². The third-order valence-electron chi connectivity index (χ3n) is 3.83. The maximum atomic E-state index is 6.42. The van der Waals surface area contributed by atoms with Crippen molar-refractivity contribution in [3.05, 3.63) is 28.8 Å². The molecule has 0 bridgehead atoms. The Bertz CT molecular complexity index is 392. The number of hydrogen-bond acceptors (Lipinski definition) is 2. The van der Waals surface area contributed by atoms with Gasteiger partial charge in [-0.1, -0.05) is 31.0 Å². The summed E-state index contributed by atoms with van der Waals surface area (Å²) in [6.45, 7) is 5.45. The largest absolute Gasteiger partial charge is 0.370 e. The predicted molar refractivity (Wildman–Crippen MR) is 79.4 cm³/mol. The fourth-order valence-corrected chi connectivity index (χ4v) is 3.06. The average Bonchev–Trinajstić information content (AvgIpc) is 2.39. The Morgan fingerprint density at radius 2 is 2.28 bits per heavy atom. The minimum atomic E-state index is 0.826. The standard InChI is InChI=1S/C15H23ClN2/c1-3-12-5-4-8-18(11-12)15-7-6-13(10-17-2)9-14(15)16/h6-7,9,12,17H,3-5,8,10-11H2,1-2H3. The van der Waals surface area contributed by atoms with Gasteiger partial charge in [-0.05, 0) is 43.5 Å². The molecule has 1 aliphatic rings. The van der Waals surface area contributed by atoms with Crippen molar-refractivity contribution in [2.75, 3.05) is 25.0 Å². The summed E-state index contributed by atoms with van der Waals surface area (Å²) in [7, 11) is 1.96. The number of piperidine rings is 1. The summed E-state index contributed by atoms with van der Waals surface area (Å²) in [5.41, 5.74) is 2.45. The maximum absolute atomic E-state index is 6.42. The van der Waals surface area contributed by atoms with Gasteiger partial charge in [-0.3, -0.25) is 0 Å². The SMILES string of the molecule is CCC1CCCN(c2ccc(CNC)cc2Cl)C1. The van der Waals surface area contributed by atoms with E-state index in [9.17, 15) is 0 Å². The molecule has 1 heterocycles. The Labute approximate surface area is 115 Å². The number of nitrogens with zero attached hydrogens (tertiary/aromatic N) is 1. The molecule has 1 atom stereocenters.